The monoisotopic (exact) mass is 276 g/mol. The highest BCUT2D eigenvalue weighted by atomic mass is 16.6. The molecule has 0 saturated carbocycles. The average Bonchev–Trinajstić information content (AvgIpc) is 2.45. The molecular formula is C14H16N2O4. The summed E-state index contributed by atoms with van der Waals surface area (Å²) in [5.74, 6) is -0.151. The number of non-ortho nitro benzene ring substituents is 1. The maximum Gasteiger partial charge on any atom is 0.269 e. The van der Waals surface area contributed by atoms with E-state index in [9.17, 15) is 20.0 Å². The first-order chi connectivity index (χ1) is 9.56. The molecular weight excluding hydrogens is 260 g/mol. The molecule has 1 N–H and O–H groups in total. The zero-order chi connectivity index (χ0) is 14.5. The van der Waals surface area contributed by atoms with Crippen molar-refractivity contribution in [3.8, 4) is 0 Å². The van der Waals surface area contributed by atoms with Crippen molar-refractivity contribution in [1.82, 2.24) is 4.90 Å². The van der Waals surface area contributed by atoms with E-state index in [1.54, 1.807) is 23.1 Å². The van der Waals surface area contributed by atoms with Crippen LogP contribution >= 0.6 is 0 Å². The number of rotatable bonds is 3. The van der Waals surface area contributed by atoms with Crippen LogP contribution in [0, 0.1) is 10.1 Å². The summed E-state index contributed by atoms with van der Waals surface area (Å²) in [7, 11) is 0. The van der Waals surface area contributed by atoms with Gasteiger partial charge in [0.05, 0.1) is 11.0 Å². The highest BCUT2D eigenvalue weighted by Gasteiger charge is 2.20. The fourth-order valence-corrected chi connectivity index (χ4v) is 2.13. The Labute approximate surface area is 116 Å². The number of nitro benzene ring substituents is 1. The van der Waals surface area contributed by atoms with Gasteiger partial charge in [0.15, 0.2) is 0 Å². The zero-order valence-corrected chi connectivity index (χ0v) is 10.9. The summed E-state index contributed by atoms with van der Waals surface area (Å²) in [6.45, 7) is 1.02. The van der Waals surface area contributed by atoms with E-state index in [-0.39, 0.29) is 11.6 Å². The number of aliphatic hydroxyl groups excluding tert-OH is 1. The molecule has 6 nitrogen and oxygen atoms in total. The van der Waals surface area contributed by atoms with Gasteiger partial charge in [-0.3, -0.25) is 14.9 Å². The molecule has 1 fully saturated rings. The van der Waals surface area contributed by atoms with Crippen molar-refractivity contribution in [3.63, 3.8) is 0 Å². The number of likely N-dealkylation sites (tertiary alicyclic amines) is 1. The van der Waals surface area contributed by atoms with Crippen molar-refractivity contribution in [2.45, 2.75) is 18.9 Å². The van der Waals surface area contributed by atoms with Crippen LogP contribution in [0.15, 0.2) is 30.3 Å². The van der Waals surface area contributed by atoms with Crippen molar-refractivity contribution in [2.75, 3.05) is 13.1 Å². The number of aliphatic hydroxyl groups is 1. The second-order valence-corrected chi connectivity index (χ2v) is 4.76. The minimum absolute atomic E-state index is 0.0210. The fourth-order valence-electron chi connectivity index (χ4n) is 2.13. The summed E-state index contributed by atoms with van der Waals surface area (Å²) in [5, 5.41) is 20.0. The fraction of sp³-hybridized carbons (Fsp3) is 0.357. The van der Waals surface area contributed by atoms with Gasteiger partial charge in [-0.25, -0.2) is 0 Å². The van der Waals surface area contributed by atoms with E-state index < -0.39 is 11.0 Å². The van der Waals surface area contributed by atoms with Crippen LogP contribution in [0.25, 0.3) is 6.08 Å². The van der Waals surface area contributed by atoms with Gasteiger partial charge in [-0.05, 0) is 36.6 Å². The number of hydrogen-bond acceptors (Lipinski definition) is 4. The van der Waals surface area contributed by atoms with Crippen LogP contribution in [-0.4, -0.2) is 40.0 Å². The molecule has 0 spiro atoms. The van der Waals surface area contributed by atoms with Gasteiger partial charge in [-0.2, -0.15) is 0 Å². The van der Waals surface area contributed by atoms with E-state index in [2.05, 4.69) is 0 Å². The number of piperidine rings is 1. The van der Waals surface area contributed by atoms with E-state index in [0.29, 0.717) is 13.1 Å². The van der Waals surface area contributed by atoms with E-state index in [1.807, 2.05) is 0 Å². The summed E-state index contributed by atoms with van der Waals surface area (Å²) in [6.07, 6.45) is 4.14. The second-order valence-electron chi connectivity index (χ2n) is 4.76. The Morgan fingerprint density at radius 2 is 2.10 bits per heavy atom. The zero-order valence-electron chi connectivity index (χ0n) is 10.9. The van der Waals surface area contributed by atoms with Crippen molar-refractivity contribution in [2.24, 2.45) is 0 Å². The van der Waals surface area contributed by atoms with Gasteiger partial charge in [0.2, 0.25) is 5.91 Å². The molecule has 1 heterocycles. The summed E-state index contributed by atoms with van der Waals surface area (Å²) in [5.41, 5.74) is 0.745. The summed E-state index contributed by atoms with van der Waals surface area (Å²) >= 11 is 0. The van der Waals surface area contributed by atoms with Crippen LogP contribution in [0.3, 0.4) is 0 Å². The van der Waals surface area contributed by atoms with E-state index in [1.165, 1.54) is 18.2 Å². The number of nitrogens with zero attached hydrogens (tertiary/aromatic N) is 2. The molecule has 1 unspecified atom stereocenters. The molecule has 6 heteroatoms. The lowest BCUT2D eigenvalue weighted by atomic mass is 10.1. The van der Waals surface area contributed by atoms with Crippen molar-refractivity contribution >= 4 is 17.7 Å². The third-order valence-electron chi connectivity index (χ3n) is 3.23. The average molecular weight is 276 g/mol. The molecule has 2 rings (SSSR count). The molecule has 1 aromatic carbocycles. The molecule has 1 atom stereocenters. The van der Waals surface area contributed by atoms with Crippen LogP contribution in [0.2, 0.25) is 0 Å². The van der Waals surface area contributed by atoms with Gasteiger partial charge in [0.1, 0.15) is 0 Å². The first-order valence-corrected chi connectivity index (χ1v) is 6.46. The maximum absolute atomic E-state index is 11.9. The lowest BCUT2D eigenvalue weighted by molar-refractivity contribution is -0.384. The Bertz CT molecular complexity index is 524. The molecule has 1 amide bonds. The Kier molecular flexibility index (Phi) is 4.47. The van der Waals surface area contributed by atoms with Crippen LogP contribution in [0.1, 0.15) is 18.4 Å². The minimum Gasteiger partial charge on any atom is -0.391 e. The molecule has 1 aromatic rings. The predicted octanol–water partition coefficient (Wildman–Crippen LogP) is 1.59. The Balaban J connectivity index is 1.97. The summed E-state index contributed by atoms with van der Waals surface area (Å²) in [4.78, 5) is 23.6. The first-order valence-electron chi connectivity index (χ1n) is 6.46. The van der Waals surface area contributed by atoms with Crippen molar-refractivity contribution in [3.05, 3.63) is 46.0 Å². The number of β-amino-alcohol motifs (C(OH)–C–C–N with tert-alkyl or cyclic N) is 1. The third kappa shape index (κ3) is 3.64. The lowest BCUT2D eigenvalue weighted by Gasteiger charge is -2.29. The summed E-state index contributed by atoms with van der Waals surface area (Å²) < 4.78 is 0. The second kappa shape index (κ2) is 6.29. The predicted molar refractivity (Wildman–Crippen MR) is 74.0 cm³/mol. The number of hydrogen-bond donors (Lipinski definition) is 1. The van der Waals surface area contributed by atoms with E-state index >= 15 is 0 Å². The highest BCUT2D eigenvalue weighted by molar-refractivity contribution is 5.91. The summed E-state index contributed by atoms with van der Waals surface area (Å²) in [6, 6.07) is 5.98. The smallest absolute Gasteiger partial charge is 0.269 e. The third-order valence-corrected chi connectivity index (χ3v) is 3.23. The van der Waals surface area contributed by atoms with Crippen LogP contribution in [-0.2, 0) is 4.79 Å². The molecule has 1 aliphatic rings. The van der Waals surface area contributed by atoms with Crippen molar-refractivity contribution in [1.29, 1.82) is 0 Å². The SMILES string of the molecule is O=C(C=Cc1ccc([N+](=O)[O-])cc1)N1CCCC(O)C1. The normalized spacial score (nSPS) is 19.2. The largest absolute Gasteiger partial charge is 0.391 e. The lowest BCUT2D eigenvalue weighted by Crippen LogP contribution is -2.41. The molecule has 1 aliphatic heterocycles. The van der Waals surface area contributed by atoms with Crippen LogP contribution in [0.5, 0.6) is 0 Å². The van der Waals surface area contributed by atoms with Crippen LogP contribution in [0.4, 0.5) is 5.69 Å². The minimum atomic E-state index is -0.465. The van der Waals surface area contributed by atoms with E-state index in [4.69, 9.17) is 0 Å². The van der Waals surface area contributed by atoms with E-state index in [0.717, 1.165) is 18.4 Å². The van der Waals surface area contributed by atoms with Gasteiger partial charge in [-0.15, -0.1) is 0 Å². The standard InChI is InChI=1S/C14H16N2O4/c17-13-2-1-9-15(10-13)14(18)8-5-11-3-6-12(7-4-11)16(19)20/h3-8,13,17H,1-2,9-10H2. The molecule has 1 saturated heterocycles. The molecule has 20 heavy (non-hydrogen) atoms. The number of carbonyl (C=O) groups excluding carboxylic acids is 1. The Morgan fingerprint density at radius 3 is 2.70 bits per heavy atom. The number of benzene rings is 1. The molecule has 0 aromatic heterocycles. The van der Waals surface area contributed by atoms with Gasteiger partial charge in [0.25, 0.3) is 5.69 Å². The Hall–Kier alpha value is -2.21. The number of carbonyl (C=O) groups is 1. The quantitative estimate of drug-likeness (QED) is 0.516. The molecule has 0 radical (unpaired) electrons. The molecule has 0 aliphatic carbocycles. The first kappa shape index (κ1) is 14.2. The van der Waals surface area contributed by atoms with Gasteiger partial charge < -0.3 is 10.0 Å². The number of nitro groups is 1. The van der Waals surface area contributed by atoms with Crippen LogP contribution < -0.4 is 0 Å². The highest BCUT2D eigenvalue weighted by Crippen LogP contribution is 2.14. The Morgan fingerprint density at radius 1 is 1.40 bits per heavy atom. The topological polar surface area (TPSA) is 83.7 Å². The number of amides is 1. The molecule has 0 bridgehead atoms. The maximum atomic E-state index is 11.9. The van der Waals surface area contributed by atoms with Gasteiger partial charge >= 0.3 is 0 Å². The van der Waals surface area contributed by atoms with Gasteiger partial charge in [-0.1, -0.05) is 0 Å². The molecule has 106 valence electrons. The van der Waals surface area contributed by atoms with Crippen molar-refractivity contribution < 1.29 is 14.8 Å². The van der Waals surface area contributed by atoms with Gasteiger partial charge in [0, 0.05) is 31.3 Å².